The fourth-order valence-electron chi connectivity index (χ4n) is 1.64. The Labute approximate surface area is 111 Å². The molecule has 0 fully saturated rings. The van der Waals surface area contributed by atoms with Crippen LogP contribution in [0.15, 0.2) is 18.2 Å². The van der Waals surface area contributed by atoms with E-state index in [0.717, 1.165) is 5.56 Å². The summed E-state index contributed by atoms with van der Waals surface area (Å²) in [6, 6.07) is 4.97. The Morgan fingerprint density at radius 3 is 2.00 bits per heavy atom. The third-order valence-corrected chi connectivity index (χ3v) is 2.50. The first-order valence-electron chi connectivity index (χ1n) is 5.88. The van der Waals surface area contributed by atoms with Gasteiger partial charge in [0.05, 0.1) is 6.17 Å². The number of nitrogens with one attached hydrogen (secondary N) is 2. The van der Waals surface area contributed by atoms with Crippen LogP contribution in [-0.2, 0) is 0 Å². The van der Waals surface area contributed by atoms with E-state index in [4.69, 9.17) is 20.4 Å². The van der Waals surface area contributed by atoms with Crippen LogP contribution in [0, 0.1) is 6.92 Å². The second-order valence-corrected chi connectivity index (χ2v) is 4.27. The van der Waals surface area contributed by atoms with Crippen molar-refractivity contribution in [3.63, 3.8) is 0 Å². The highest BCUT2D eigenvalue weighted by Gasteiger charge is 2.16. The zero-order valence-corrected chi connectivity index (χ0v) is 10.6. The molecule has 0 aliphatic heterocycles. The molecule has 0 bridgehead atoms. The lowest BCUT2D eigenvalue weighted by Crippen LogP contribution is -2.41. The van der Waals surface area contributed by atoms with Gasteiger partial charge in [-0.1, -0.05) is 11.6 Å². The molecule has 1 rings (SSSR count). The Morgan fingerprint density at radius 2 is 1.53 bits per heavy atom. The smallest absolute Gasteiger partial charge is 0.164 e. The summed E-state index contributed by atoms with van der Waals surface area (Å²) in [4.78, 5) is 0. The molecule has 0 spiro atoms. The molecule has 0 aromatic heterocycles. The molecule has 0 aliphatic rings. The summed E-state index contributed by atoms with van der Waals surface area (Å²) in [5.74, 6) is 0.0236. The number of rotatable bonds is 7. The van der Waals surface area contributed by atoms with Gasteiger partial charge in [-0.25, -0.2) is 0 Å². The average molecular weight is 272 g/mol. The third-order valence-electron chi connectivity index (χ3n) is 2.50. The number of hydrogen-bond donors (Lipinski definition) is 7. The van der Waals surface area contributed by atoms with Crippen molar-refractivity contribution in [3.8, 4) is 5.75 Å². The van der Waals surface area contributed by atoms with Gasteiger partial charge in [-0.3, -0.25) is 10.6 Å². The Balaban J connectivity index is 2.83. The van der Waals surface area contributed by atoms with Crippen LogP contribution < -0.4 is 10.6 Å². The van der Waals surface area contributed by atoms with Crippen molar-refractivity contribution in [3.05, 3.63) is 29.3 Å². The number of phenols is 1. The van der Waals surface area contributed by atoms with Crippen molar-refractivity contribution in [1.82, 2.24) is 10.6 Å². The van der Waals surface area contributed by atoms with Crippen molar-refractivity contribution >= 4 is 0 Å². The average Bonchev–Trinajstić information content (AvgIpc) is 2.32. The molecule has 0 radical (unpaired) electrons. The highest BCUT2D eigenvalue weighted by Crippen LogP contribution is 2.23. The van der Waals surface area contributed by atoms with Crippen LogP contribution in [0.2, 0.25) is 0 Å². The minimum atomic E-state index is -1.55. The van der Waals surface area contributed by atoms with Crippen LogP contribution in [0.5, 0.6) is 5.75 Å². The summed E-state index contributed by atoms with van der Waals surface area (Å²) in [6.07, 6.45) is -3.73. The molecular formula is C12H20N2O5. The van der Waals surface area contributed by atoms with E-state index in [1.54, 1.807) is 12.1 Å². The van der Waals surface area contributed by atoms with Gasteiger partial charge in [0, 0.05) is 18.7 Å². The molecule has 7 nitrogen and oxygen atoms in total. The monoisotopic (exact) mass is 272 g/mol. The minimum Gasteiger partial charge on any atom is -0.508 e. The largest absolute Gasteiger partial charge is 0.508 e. The Kier molecular flexibility index (Phi) is 6.16. The number of aryl methyl sites for hydroxylation is 1. The SMILES string of the molecule is Cc1ccc(O)c(C(NCC(O)O)NCC(O)O)c1. The van der Waals surface area contributed by atoms with Gasteiger partial charge in [-0.15, -0.1) is 0 Å². The van der Waals surface area contributed by atoms with Crippen LogP contribution in [-0.4, -0.2) is 51.2 Å². The number of aliphatic hydroxyl groups is 4. The van der Waals surface area contributed by atoms with Crippen molar-refractivity contribution in [2.45, 2.75) is 25.7 Å². The first-order valence-corrected chi connectivity index (χ1v) is 5.88. The van der Waals surface area contributed by atoms with E-state index in [-0.39, 0.29) is 18.8 Å². The zero-order chi connectivity index (χ0) is 14.4. The van der Waals surface area contributed by atoms with E-state index < -0.39 is 18.7 Å². The third kappa shape index (κ3) is 5.52. The molecule has 0 saturated carbocycles. The maximum Gasteiger partial charge on any atom is 0.164 e. The van der Waals surface area contributed by atoms with Crippen LogP contribution in [0.25, 0.3) is 0 Å². The molecule has 7 heteroatoms. The topological polar surface area (TPSA) is 125 Å². The van der Waals surface area contributed by atoms with E-state index >= 15 is 0 Å². The van der Waals surface area contributed by atoms with Gasteiger partial charge in [-0.05, 0) is 19.1 Å². The van der Waals surface area contributed by atoms with Gasteiger partial charge in [0.25, 0.3) is 0 Å². The maximum atomic E-state index is 9.81. The van der Waals surface area contributed by atoms with Gasteiger partial charge in [0.15, 0.2) is 12.6 Å². The fraction of sp³-hybridized carbons (Fsp3) is 0.500. The summed E-state index contributed by atoms with van der Waals surface area (Å²) in [6.45, 7) is 1.58. The number of benzene rings is 1. The second kappa shape index (κ2) is 7.39. The molecule has 19 heavy (non-hydrogen) atoms. The molecule has 7 N–H and O–H groups in total. The highest BCUT2D eigenvalue weighted by atomic mass is 16.5. The minimum absolute atomic E-state index is 0.0236. The summed E-state index contributed by atoms with van der Waals surface area (Å²) in [5.41, 5.74) is 1.40. The van der Waals surface area contributed by atoms with Gasteiger partial charge in [-0.2, -0.15) is 0 Å². The van der Waals surface area contributed by atoms with Gasteiger partial charge >= 0.3 is 0 Å². The molecule has 0 aliphatic carbocycles. The normalized spacial score (nSPS) is 11.8. The van der Waals surface area contributed by atoms with Gasteiger partial charge in [0.1, 0.15) is 5.75 Å². The first-order chi connectivity index (χ1) is 8.90. The molecule has 0 unspecified atom stereocenters. The predicted molar refractivity (Wildman–Crippen MR) is 68.0 cm³/mol. The zero-order valence-electron chi connectivity index (χ0n) is 10.6. The van der Waals surface area contributed by atoms with Crippen LogP contribution in [0.4, 0.5) is 0 Å². The molecule has 0 heterocycles. The van der Waals surface area contributed by atoms with Crippen molar-refractivity contribution in [2.24, 2.45) is 0 Å². The summed E-state index contributed by atoms with van der Waals surface area (Å²) < 4.78 is 0. The molecule has 1 aromatic carbocycles. The lowest BCUT2D eigenvalue weighted by Gasteiger charge is -2.23. The second-order valence-electron chi connectivity index (χ2n) is 4.27. The van der Waals surface area contributed by atoms with E-state index in [2.05, 4.69) is 10.6 Å². The van der Waals surface area contributed by atoms with Crippen molar-refractivity contribution in [2.75, 3.05) is 13.1 Å². The summed E-state index contributed by atoms with van der Waals surface area (Å²) >= 11 is 0. The van der Waals surface area contributed by atoms with Crippen LogP contribution >= 0.6 is 0 Å². The summed E-state index contributed by atoms with van der Waals surface area (Å²) in [5, 5.41) is 50.8. The van der Waals surface area contributed by atoms with Crippen molar-refractivity contribution in [1.29, 1.82) is 0 Å². The maximum absolute atomic E-state index is 9.81. The number of aromatic hydroxyl groups is 1. The lowest BCUT2D eigenvalue weighted by molar-refractivity contribution is -0.0463. The molecule has 108 valence electrons. The first kappa shape index (κ1) is 15.8. The van der Waals surface area contributed by atoms with E-state index in [9.17, 15) is 5.11 Å². The molecule has 0 saturated heterocycles. The predicted octanol–water partition coefficient (Wildman–Crippen LogP) is -1.50. The Morgan fingerprint density at radius 1 is 1.00 bits per heavy atom. The van der Waals surface area contributed by atoms with Gasteiger partial charge in [0.2, 0.25) is 0 Å². The van der Waals surface area contributed by atoms with E-state index in [0.29, 0.717) is 5.56 Å². The highest BCUT2D eigenvalue weighted by molar-refractivity contribution is 5.37. The van der Waals surface area contributed by atoms with Crippen LogP contribution in [0.1, 0.15) is 17.3 Å². The number of aliphatic hydroxyl groups excluding tert-OH is 2. The molecule has 0 amide bonds. The fourth-order valence-corrected chi connectivity index (χ4v) is 1.64. The molecule has 1 aromatic rings. The quantitative estimate of drug-likeness (QED) is 0.301. The van der Waals surface area contributed by atoms with E-state index in [1.165, 1.54) is 6.07 Å². The van der Waals surface area contributed by atoms with Gasteiger partial charge < -0.3 is 25.5 Å². The number of hydrogen-bond acceptors (Lipinski definition) is 7. The number of phenolic OH excluding ortho intramolecular Hbond substituents is 1. The Bertz CT molecular complexity index is 386. The lowest BCUT2D eigenvalue weighted by atomic mass is 10.1. The summed E-state index contributed by atoms with van der Waals surface area (Å²) in [7, 11) is 0. The van der Waals surface area contributed by atoms with Crippen LogP contribution in [0.3, 0.4) is 0 Å². The molecular weight excluding hydrogens is 252 g/mol. The molecule has 0 atom stereocenters. The standard InChI is InChI=1S/C12H20N2O5/c1-7-2-3-9(15)8(4-7)12(13-5-10(16)17)14-6-11(18)19/h2-4,10-19H,5-6H2,1H3. The Hall–Kier alpha value is -1.22. The van der Waals surface area contributed by atoms with E-state index in [1.807, 2.05) is 6.92 Å². The van der Waals surface area contributed by atoms with Crippen molar-refractivity contribution < 1.29 is 25.5 Å².